The van der Waals surface area contributed by atoms with Crippen molar-refractivity contribution in [3.63, 3.8) is 0 Å². The average molecular weight is 330 g/mol. The monoisotopic (exact) mass is 329 g/mol. The molecule has 2 fully saturated rings. The molecular formula is C19H38ClN2-. The molecule has 0 bridgehead atoms. The van der Waals surface area contributed by atoms with Crippen molar-refractivity contribution < 1.29 is 12.4 Å². The molecule has 0 aromatic carbocycles. The molecule has 1 saturated heterocycles. The minimum Gasteiger partial charge on any atom is -1.00 e. The van der Waals surface area contributed by atoms with Gasteiger partial charge in [0.2, 0.25) is 0 Å². The normalized spacial score (nSPS) is 23.7. The summed E-state index contributed by atoms with van der Waals surface area (Å²) in [6.45, 7) is 12.5. The summed E-state index contributed by atoms with van der Waals surface area (Å²) < 4.78 is 0. The molecule has 1 spiro atoms. The summed E-state index contributed by atoms with van der Waals surface area (Å²) in [4.78, 5) is 5.02. The molecule has 0 aromatic heterocycles. The Morgan fingerprint density at radius 1 is 1.00 bits per heavy atom. The zero-order valence-corrected chi connectivity index (χ0v) is 16.4. The van der Waals surface area contributed by atoms with Crippen LogP contribution in [0.5, 0.6) is 0 Å². The lowest BCUT2D eigenvalue weighted by Crippen LogP contribution is -3.00. The minimum absolute atomic E-state index is 0. The summed E-state index contributed by atoms with van der Waals surface area (Å²) in [5.41, 5.74) is 1.24. The highest BCUT2D eigenvalue weighted by atomic mass is 35.5. The molecule has 2 nitrogen and oxygen atoms in total. The molecule has 2 rings (SSSR count). The summed E-state index contributed by atoms with van der Waals surface area (Å²) >= 11 is 0. The summed E-state index contributed by atoms with van der Waals surface area (Å²) in [5, 5.41) is 0. The Bertz CT molecular complexity index is 304. The van der Waals surface area contributed by atoms with Gasteiger partial charge in [-0.1, -0.05) is 20.8 Å². The molecule has 1 heterocycles. The highest BCUT2D eigenvalue weighted by Gasteiger charge is 2.40. The largest absolute Gasteiger partial charge is 1.00 e. The summed E-state index contributed by atoms with van der Waals surface area (Å²) in [6, 6.07) is 0. The highest BCUT2D eigenvalue weighted by Crippen LogP contribution is 2.50. The SMILES string of the molecule is CN(C)CCCN1CCC2(CCC(C(C)(C)C)CC2)CC1.[Cl-]. The smallest absolute Gasteiger partial charge is 0.000654 e. The Morgan fingerprint density at radius 2 is 1.55 bits per heavy atom. The number of piperidine rings is 1. The molecule has 0 atom stereocenters. The van der Waals surface area contributed by atoms with Crippen molar-refractivity contribution in [3.8, 4) is 0 Å². The van der Waals surface area contributed by atoms with E-state index in [1.165, 1.54) is 71.1 Å². The standard InChI is InChI=1S/C19H38N2.ClH/c1-18(2,3)17-7-9-19(10-8-17)11-15-21(16-12-19)14-6-13-20(4)5;/h17H,6-16H2,1-5H3;1H/p-1. The third-order valence-electron chi connectivity index (χ3n) is 6.27. The first-order chi connectivity index (χ1) is 9.81. The van der Waals surface area contributed by atoms with Crippen LogP contribution >= 0.6 is 0 Å². The number of hydrogen-bond acceptors (Lipinski definition) is 2. The van der Waals surface area contributed by atoms with Gasteiger partial charge in [0.05, 0.1) is 0 Å². The van der Waals surface area contributed by atoms with Gasteiger partial charge in [-0.2, -0.15) is 0 Å². The van der Waals surface area contributed by atoms with E-state index in [2.05, 4.69) is 44.7 Å². The van der Waals surface area contributed by atoms with Gasteiger partial charge in [0, 0.05) is 0 Å². The van der Waals surface area contributed by atoms with Crippen LogP contribution in [0.2, 0.25) is 0 Å². The lowest BCUT2D eigenvalue weighted by atomic mass is 9.61. The predicted molar refractivity (Wildman–Crippen MR) is 92.7 cm³/mol. The van der Waals surface area contributed by atoms with Crippen molar-refractivity contribution in [2.24, 2.45) is 16.7 Å². The van der Waals surface area contributed by atoms with E-state index in [0.717, 1.165) is 11.3 Å². The van der Waals surface area contributed by atoms with Crippen LogP contribution in [0, 0.1) is 16.7 Å². The van der Waals surface area contributed by atoms with Crippen molar-refractivity contribution >= 4 is 0 Å². The molecule has 132 valence electrons. The molecule has 0 unspecified atom stereocenters. The number of nitrogens with zero attached hydrogens (tertiary/aromatic N) is 2. The molecule has 1 aliphatic heterocycles. The van der Waals surface area contributed by atoms with Crippen LogP contribution in [-0.2, 0) is 0 Å². The van der Waals surface area contributed by atoms with E-state index in [0.29, 0.717) is 5.41 Å². The van der Waals surface area contributed by atoms with Crippen LogP contribution in [0.4, 0.5) is 0 Å². The van der Waals surface area contributed by atoms with Crippen LogP contribution in [0.3, 0.4) is 0 Å². The maximum Gasteiger partial charge on any atom is -0.000654 e. The Labute approximate surface area is 145 Å². The number of halogens is 1. The van der Waals surface area contributed by atoms with Crippen molar-refractivity contribution in [2.45, 2.75) is 65.7 Å². The molecule has 3 heteroatoms. The number of hydrogen-bond donors (Lipinski definition) is 0. The van der Waals surface area contributed by atoms with Crippen molar-refractivity contribution in [1.29, 1.82) is 0 Å². The maximum absolute atomic E-state index is 2.71. The van der Waals surface area contributed by atoms with Crippen LogP contribution in [-0.4, -0.2) is 50.1 Å². The first-order valence-electron chi connectivity index (χ1n) is 9.18. The van der Waals surface area contributed by atoms with Gasteiger partial charge in [-0.05, 0) is 102 Å². The second kappa shape index (κ2) is 8.35. The van der Waals surface area contributed by atoms with Gasteiger partial charge in [0.15, 0.2) is 0 Å². The zero-order valence-electron chi connectivity index (χ0n) is 15.6. The van der Waals surface area contributed by atoms with Gasteiger partial charge >= 0.3 is 0 Å². The summed E-state index contributed by atoms with van der Waals surface area (Å²) in [7, 11) is 4.36. The van der Waals surface area contributed by atoms with Gasteiger partial charge in [-0.3, -0.25) is 0 Å². The number of likely N-dealkylation sites (tertiary alicyclic amines) is 1. The van der Waals surface area contributed by atoms with Crippen LogP contribution < -0.4 is 12.4 Å². The molecule has 1 aliphatic carbocycles. The van der Waals surface area contributed by atoms with Crippen molar-refractivity contribution in [3.05, 3.63) is 0 Å². The van der Waals surface area contributed by atoms with Crippen LogP contribution in [0.25, 0.3) is 0 Å². The van der Waals surface area contributed by atoms with Crippen molar-refractivity contribution in [2.75, 3.05) is 40.3 Å². The first kappa shape index (κ1) is 20.3. The van der Waals surface area contributed by atoms with E-state index in [9.17, 15) is 0 Å². The lowest BCUT2D eigenvalue weighted by molar-refractivity contribution is -0.00000839. The third kappa shape index (κ3) is 5.69. The van der Waals surface area contributed by atoms with Gasteiger partial charge in [-0.15, -0.1) is 0 Å². The summed E-state index contributed by atoms with van der Waals surface area (Å²) in [5.74, 6) is 0.959. The van der Waals surface area contributed by atoms with Crippen molar-refractivity contribution in [1.82, 2.24) is 9.80 Å². The van der Waals surface area contributed by atoms with Gasteiger partial charge < -0.3 is 22.2 Å². The van der Waals surface area contributed by atoms with Gasteiger partial charge in [0.1, 0.15) is 0 Å². The molecule has 2 aliphatic rings. The van der Waals surface area contributed by atoms with E-state index in [1.807, 2.05) is 0 Å². The Morgan fingerprint density at radius 3 is 2.00 bits per heavy atom. The topological polar surface area (TPSA) is 6.48 Å². The maximum atomic E-state index is 2.71. The highest BCUT2D eigenvalue weighted by molar-refractivity contribution is 4.92. The Hall–Kier alpha value is 0.210. The fourth-order valence-electron chi connectivity index (χ4n) is 4.46. The molecule has 0 N–H and O–H groups in total. The Kier molecular flexibility index (Phi) is 7.69. The Balaban J connectivity index is 0.00000242. The fourth-order valence-corrected chi connectivity index (χ4v) is 4.46. The minimum atomic E-state index is 0. The average Bonchev–Trinajstić information content (AvgIpc) is 2.40. The molecule has 0 aromatic rings. The van der Waals surface area contributed by atoms with E-state index >= 15 is 0 Å². The lowest BCUT2D eigenvalue weighted by Gasteiger charge is -2.48. The summed E-state index contributed by atoms with van der Waals surface area (Å²) in [6.07, 6.45) is 10.2. The molecular weight excluding hydrogens is 292 g/mol. The molecule has 1 saturated carbocycles. The third-order valence-corrected chi connectivity index (χ3v) is 6.27. The van der Waals surface area contributed by atoms with E-state index in [1.54, 1.807) is 0 Å². The molecule has 22 heavy (non-hydrogen) atoms. The van der Waals surface area contributed by atoms with E-state index < -0.39 is 0 Å². The second-order valence-corrected chi connectivity index (χ2v) is 9.14. The predicted octanol–water partition coefficient (Wildman–Crippen LogP) is 1.26. The fraction of sp³-hybridized carbons (Fsp3) is 1.00. The molecule has 0 amide bonds. The first-order valence-corrected chi connectivity index (χ1v) is 9.18. The number of rotatable bonds is 4. The van der Waals surface area contributed by atoms with Gasteiger partial charge in [0.25, 0.3) is 0 Å². The molecule has 0 radical (unpaired) electrons. The van der Waals surface area contributed by atoms with E-state index in [-0.39, 0.29) is 12.4 Å². The van der Waals surface area contributed by atoms with Gasteiger partial charge in [-0.25, -0.2) is 0 Å². The quantitative estimate of drug-likeness (QED) is 0.766. The zero-order chi connectivity index (χ0) is 15.5. The van der Waals surface area contributed by atoms with Crippen LogP contribution in [0.15, 0.2) is 0 Å². The van der Waals surface area contributed by atoms with Crippen LogP contribution in [0.1, 0.15) is 65.7 Å². The van der Waals surface area contributed by atoms with E-state index in [4.69, 9.17) is 0 Å². The second-order valence-electron chi connectivity index (χ2n) is 9.14.